The maximum Gasteiger partial charge on any atom is 0.0373 e. The van der Waals surface area contributed by atoms with E-state index >= 15 is 0 Å². The molecule has 0 spiro atoms. The molecular formula is C12H14N2S. The van der Waals surface area contributed by atoms with Crippen LogP contribution in [0.25, 0.3) is 11.1 Å². The Morgan fingerprint density at radius 3 is 2.87 bits per heavy atom. The van der Waals surface area contributed by atoms with Crippen LogP contribution in [0.15, 0.2) is 29.8 Å². The molecule has 0 radical (unpaired) electrons. The molecule has 0 amide bonds. The van der Waals surface area contributed by atoms with Crippen LogP contribution in [0.3, 0.4) is 0 Å². The molecule has 0 aliphatic carbocycles. The van der Waals surface area contributed by atoms with E-state index in [1.807, 2.05) is 26.2 Å². The summed E-state index contributed by atoms with van der Waals surface area (Å²) >= 11 is 1.78. The fourth-order valence-corrected chi connectivity index (χ4v) is 2.34. The molecule has 3 heteroatoms. The second-order valence-electron chi connectivity index (χ2n) is 3.52. The third-order valence-electron chi connectivity index (χ3n) is 2.25. The van der Waals surface area contributed by atoms with E-state index in [2.05, 4.69) is 27.8 Å². The molecule has 2 rings (SSSR count). The largest absolute Gasteiger partial charge is 0.315 e. The molecule has 0 aliphatic rings. The lowest BCUT2D eigenvalue weighted by Gasteiger charge is -1.97. The van der Waals surface area contributed by atoms with Crippen LogP contribution >= 0.6 is 11.3 Å². The standard InChI is InChI=1S/C12H14N2S/c1-9-3-4-10(6-14-9)11-5-12(7-13-2)15-8-11/h3-6,8,13H,7H2,1-2H3. The predicted octanol–water partition coefficient (Wildman–Crippen LogP) is 2.84. The van der Waals surface area contributed by atoms with E-state index in [0.717, 1.165) is 12.2 Å². The number of hydrogen-bond acceptors (Lipinski definition) is 3. The summed E-state index contributed by atoms with van der Waals surface area (Å²) in [5.41, 5.74) is 3.52. The topological polar surface area (TPSA) is 24.9 Å². The third-order valence-corrected chi connectivity index (χ3v) is 3.19. The van der Waals surface area contributed by atoms with Gasteiger partial charge in [0.2, 0.25) is 0 Å². The summed E-state index contributed by atoms with van der Waals surface area (Å²) in [6.45, 7) is 2.94. The van der Waals surface area contributed by atoms with E-state index in [-0.39, 0.29) is 0 Å². The van der Waals surface area contributed by atoms with Gasteiger partial charge in [-0.25, -0.2) is 0 Å². The number of rotatable bonds is 3. The van der Waals surface area contributed by atoms with Gasteiger partial charge >= 0.3 is 0 Å². The first-order valence-corrected chi connectivity index (χ1v) is 5.82. The van der Waals surface area contributed by atoms with Gasteiger partial charge < -0.3 is 5.32 Å². The van der Waals surface area contributed by atoms with Crippen molar-refractivity contribution in [1.29, 1.82) is 0 Å². The molecule has 0 bridgehead atoms. The fraction of sp³-hybridized carbons (Fsp3) is 0.250. The van der Waals surface area contributed by atoms with Gasteiger partial charge in [0.25, 0.3) is 0 Å². The summed E-state index contributed by atoms with van der Waals surface area (Å²) in [5.74, 6) is 0. The van der Waals surface area contributed by atoms with E-state index in [1.165, 1.54) is 16.0 Å². The minimum Gasteiger partial charge on any atom is -0.315 e. The molecular weight excluding hydrogens is 204 g/mol. The van der Waals surface area contributed by atoms with Gasteiger partial charge in [0, 0.05) is 28.9 Å². The second-order valence-corrected chi connectivity index (χ2v) is 4.52. The van der Waals surface area contributed by atoms with Gasteiger partial charge in [0.1, 0.15) is 0 Å². The maximum atomic E-state index is 4.30. The van der Waals surface area contributed by atoms with E-state index in [9.17, 15) is 0 Å². The predicted molar refractivity (Wildman–Crippen MR) is 65.1 cm³/mol. The molecule has 0 saturated heterocycles. The molecule has 2 heterocycles. The quantitative estimate of drug-likeness (QED) is 0.857. The van der Waals surface area contributed by atoms with Crippen molar-refractivity contribution in [2.45, 2.75) is 13.5 Å². The smallest absolute Gasteiger partial charge is 0.0373 e. The van der Waals surface area contributed by atoms with Crippen molar-refractivity contribution >= 4 is 11.3 Å². The first-order chi connectivity index (χ1) is 7.29. The fourth-order valence-electron chi connectivity index (χ4n) is 1.44. The Balaban J connectivity index is 2.25. The van der Waals surface area contributed by atoms with Gasteiger partial charge in [-0.2, -0.15) is 0 Å². The van der Waals surface area contributed by atoms with E-state index in [4.69, 9.17) is 0 Å². The van der Waals surface area contributed by atoms with Gasteiger partial charge in [0.05, 0.1) is 0 Å². The number of aromatic nitrogens is 1. The summed E-state index contributed by atoms with van der Waals surface area (Å²) < 4.78 is 0. The second kappa shape index (κ2) is 4.55. The molecule has 0 atom stereocenters. The molecule has 0 fully saturated rings. The van der Waals surface area contributed by atoms with Gasteiger partial charge in [-0.3, -0.25) is 4.98 Å². The highest BCUT2D eigenvalue weighted by molar-refractivity contribution is 7.10. The maximum absolute atomic E-state index is 4.30. The zero-order chi connectivity index (χ0) is 10.7. The number of thiophene rings is 1. The SMILES string of the molecule is CNCc1cc(-c2ccc(C)nc2)cs1. The Morgan fingerprint density at radius 2 is 2.20 bits per heavy atom. The van der Waals surface area contributed by atoms with Crippen molar-refractivity contribution in [2.24, 2.45) is 0 Å². The monoisotopic (exact) mass is 218 g/mol. The van der Waals surface area contributed by atoms with E-state index in [0.29, 0.717) is 0 Å². The summed E-state index contributed by atoms with van der Waals surface area (Å²) in [5, 5.41) is 5.33. The highest BCUT2D eigenvalue weighted by Gasteiger charge is 2.01. The van der Waals surface area contributed by atoms with Crippen molar-refractivity contribution < 1.29 is 0 Å². The average Bonchev–Trinajstić information content (AvgIpc) is 2.68. The van der Waals surface area contributed by atoms with Crippen molar-refractivity contribution in [2.75, 3.05) is 7.05 Å². The number of nitrogens with one attached hydrogen (secondary N) is 1. The van der Waals surface area contributed by atoms with Crippen LogP contribution in [0.4, 0.5) is 0 Å². The van der Waals surface area contributed by atoms with Crippen LogP contribution in [0.2, 0.25) is 0 Å². The normalized spacial score (nSPS) is 10.5. The molecule has 0 aliphatic heterocycles. The van der Waals surface area contributed by atoms with Crippen LogP contribution < -0.4 is 5.32 Å². The Labute approximate surface area is 94.0 Å². The van der Waals surface area contributed by atoms with Crippen LogP contribution in [0.5, 0.6) is 0 Å². The summed E-state index contributed by atoms with van der Waals surface area (Å²) in [7, 11) is 1.97. The van der Waals surface area contributed by atoms with Crippen molar-refractivity contribution in [3.8, 4) is 11.1 Å². The van der Waals surface area contributed by atoms with Gasteiger partial charge in [-0.1, -0.05) is 6.07 Å². The molecule has 2 nitrogen and oxygen atoms in total. The molecule has 1 N–H and O–H groups in total. The van der Waals surface area contributed by atoms with Gasteiger partial charge in [-0.15, -0.1) is 11.3 Å². The van der Waals surface area contributed by atoms with Crippen molar-refractivity contribution in [1.82, 2.24) is 10.3 Å². The van der Waals surface area contributed by atoms with Crippen LogP contribution in [0, 0.1) is 6.92 Å². The van der Waals surface area contributed by atoms with E-state index in [1.54, 1.807) is 11.3 Å². The van der Waals surface area contributed by atoms with Gasteiger partial charge in [-0.05, 0) is 37.0 Å². The first kappa shape index (κ1) is 10.3. The van der Waals surface area contributed by atoms with Crippen LogP contribution in [0.1, 0.15) is 10.6 Å². The zero-order valence-corrected chi connectivity index (χ0v) is 9.77. The minimum atomic E-state index is 0.934. The Bertz CT molecular complexity index is 431. The van der Waals surface area contributed by atoms with Crippen LogP contribution in [-0.2, 0) is 6.54 Å². The van der Waals surface area contributed by atoms with E-state index < -0.39 is 0 Å². The summed E-state index contributed by atoms with van der Waals surface area (Å²) in [6, 6.07) is 6.38. The number of aryl methyl sites for hydroxylation is 1. The lowest BCUT2D eigenvalue weighted by molar-refractivity contribution is 0.831. The molecule has 15 heavy (non-hydrogen) atoms. The average molecular weight is 218 g/mol. The first-order valence-electron chi connectivity index (χ1n) is 4.94. The summed E-state index contributed by atoms with van der Waals surface area (Å²) in [6.07, 6.45) is 1.93. The third kappa shape index (κ3) is 2.43. The molecule has 0 unspecified atom stereocenters. The van der Waals surface area contributed by atoms with Gasteiger partial charge in [0.15, 0.2) is 0 Å². The van der Waals surface area contributed by atoms with Crippen molar-refractivity contribution in [3.05, 3.63) is 40.3 Å². The summed E-state index contributed by atoms with van der Waals surface area (Å²) in [4.78, 5) is 5.65. The molecule has 78 valence electrons. The Kier molecular flexibility index (Phi) is 3.14. The highest BCUT2D eigenvalue weighted by Crippen LogP contribution is 2.24. The lowest BCUT2D eigenvalue weighted by atomic mass is 10.1. The number of hydrogen-bond donors (Lipinski definition) is 1. The van der Waals surface area contributed by atoms with Crippen molar-refractivity contribution in [3.63, 3.8) is 0 Å². The number of nitrogens with zero attached hydrogens (tertiary/aromatic N) is 1. The molecule has 0 aromatic carbocycles. The Morgan fingerprint density at radius 1 is 1.33 bits per heavy atom. The Hall–Kier alpha value is -1.19. The zero-order valence-electron chi connectivity index (χ0n) is 8.95. The number of pyridine rings is 1. The van der Waals surface area contributed by atoms with Crippen LogP contribution in [-0.4, -0.2) is 12.0 Å². The molecule has 0 saturated carbocycles. The lowest BCUT2D eigenvalue weighted by Crippen LogP contribution is -2.02. The highest BCUT2D eigenvalue weighted by atomic mass is 32.1. The molecule has 2 aromatic rings. The minimum absolute atomic E-state index is 0.934. The molecule has 2 aromatic heterocycles.